The number of piperazine rings is 1. The Morgan fingerprint density at radius 2 is 2.00 bits per heavy atom. The van der Waals surface area contributed by atoms with Gasteiger partial charge in [0.05, 0.1) is 6.61 Å². The first-order chi connectivity index (χ1) is 6.79. The molecule has 0 atom stereocenters. The number of esters is 1. The Balaban J connectivity index is 0.00000112. The third-order valence-electron chi connectivity index (χ3n) is 3.10. The van der Waals surface area contributed by atoms with Crippen LogP contribution < -0.4 is 5.32 Å². The normalized spacial score (nSPS) is 24.1. The van der Waals surface area contributed by atoms with Crippen molar-refractivity contribution < 1.29 is 9.53 Å². The molecule has 0 aromatic heterocycles. The van der Waals surface area contributed by atoms with Crippen molar-refractivity contribution in [1.82, 2.24) is 10.2 Å². The first-order valence-electron chi connectivity index (χ1n) is 5.42. The van der Waals surface area contributed by atoms with Crippen LogP contribution in [-0.4, -0.2) is 49.2 Å². The molecule has 0 amide bonds. The Morgan fingerprint density at radius 3 is 2.47 bits per heavy atom. The summed E-state index contributed by atoms with van der Waals surface area (Å²) in [6.07, 6.45) is 1.96. The summed E-state index contributed by atoms with van der Waals surface area (Å²) in [4.78, 5) is 14.0. The first-order valence-corrected chi connectivity index (χ1v) is 5.42. The van der Waals surface area contributed by atoms with E-state index in [0.29, 0.717) is 6.61 Å². The van der Waals surface area contributed by atoms with Gasteiger partial charge in [0.25, 0.3) is 0 Å². The maximum atomic E-state index is 11.7. The number of rotatable bonds is 3. The highest BCUT2D eigenvalue weighted by Crippen LogP contribution is 2.42. The fourth-order valence-electron chi connectivity index (χ4n) is 2.13. The van der Waals surface area contributed by atoms with Crippen LogP contribution in [0.4, 0.5) is 0 Å². The zero-order valence-corrected chi connectivity index (χ0v) is 9.94. The van der Waals surface area contributed by atoms with Crippen LogP contribution in [0.15, 0.2) is 0 Å². The summed E-state index contributed by atoms with van der Waals surface area (Å²) in [6, 6.07) is 0. The minimum absolute atomic E-state index is 0. The minimum Gasteiger partial charge on any atom is -0.465 e. The fraction of sp³-hybridized carbons (Fsp3) is 0.900. The second-order valence-electron chi connectivity index (χ2n) is 3.99. The van der Waals surface area contributed by atoms with Gasteiger partial charge in [-0.15, -0.1) is 12.4 Å². The molecule has 0 aromatic carbocycles. The Kier molecular flexibility index (Phi) is 4.37. The Labute approximate surface area is 96.7 Å². The van der Waals surface area contributed by atoms with Crippen molar-refractivity contribution in [2.45, 2.75) is 25.3 Å². The van der Waals surface area contributed by atoms with E-state index in [1.54, 1.807) is 0 Å². The Bertz CT molecular complexity index is 225. The third-order valence-corrected chi connectivity index (χ3v) is 3.10. The number of nitrogens with zero attached hydrogens (tertiary/aromatic N) is 1. The van der Waals surface area contributed by atoms with Crippen molar-refractivity contribution >= 4 is 18.4 Å². The maximum Gasteiger partial charge on any atom is 0.326 e. The van der Waals surface area contributed by atoms with E-state index in [1.165, 1.54) is 0 Å². The highest BCUT2D eigenvalue weighted by atomic mass is 35.5. The molecule has 0 aromatic rings. The molecule has 0 unspecified atom stereocenters. The molecule has 0 bridgehead atoms. The molecule has 88 valence electrons. The summed E-state index contributed by atoms with van der Waals surface area (Å²) in [5, 5.41) is 3.29. The van der Waals surface area contributed by atoms with Crippen molar-refractivity contribution in [2.24, 2.45) is 0 Å². The molecule has 1 saturated carbocycles. The van der Waals surface area contributed by atoms with Gasteiger partial charge in [-0.25, -0.2) is 0 Å². The lowest BCUT2D eigenvalue weighted by atomic mass is 10.2. The van der Waals surface area contributed by atoms with Gasteiger partial charge >= 0.3 is 5.97 Å². The van der Waals surface area contributed by atoms with E-state index < -0.39 is 0 Å². The number of nitrogens with one attached hydrogen (secondary N) is 1. The molecule has 0 radical (unpaired) electrons. The number of carbonyl (C=O) groups is 1. The molecule has 1 aliphatic carbocycles. The van der Waals surface area contributed by atoms with Gasteiger partial charge in [-0.1, -0.05) is 0 Å². The minimum atomic E-state index is -0.238. The molecule has 5 heteroatoms. The molecule has 2 fully saturated rings. The quantitative estimate of drug-likeness (QED) is 0.719. The largest absolute Gasteiger partial charge is 0.465 e. The SMILES string of the molecule is CCOC(=O)C1(N2CCNCC2)CC1.Cl. The molecular formula is C10H19ClN2O2. The molecule has 2 aliphatic rings. The Morgan fingerprint density at radius 1 is 1.40 bits per heavy atom. The van der Waals surface area contributed by atoms with Gasteiger partial charge in [-0.05, 0) is 19.8 Å². The second-order valence-corrected chi connectivity index (χ2v) is 3.99. The third kappa shape index (κ3) is 2.44. The predicted molar refractivity (Wildman–Crippen MR) is 60.3 cm³/mol. The van der Waals surface area contributed by atoms with Gasteiger partial charge in [0, 0.05) is 26.2 Å². The lowest BCUT2D eigenvalue weighted by Crippen LogP contribution is -2.53. The molecular weight excluding hydrogens is 216 g/mol. The van der Waals surface area contributed by atoms with Crippen molar-refractivity contribution in [3.63, 3.8) is 0 Å². The van der Waals surface area contributed by atoms with Crippen LogP contribution in [0.5, 0.6) is 0 Å². The zero-order chi connectivity index (χ0) is 10.0. The van der Waals surface area contributed by atoms with E-state index in [9.17, 15) is 4.79 Å². The molecule has 1 N–H and O–H groups in total. The molecule has 4 nitrogen and oxygen atoms in total. The van der Waals surface area contributed by atoms with E-state index in [0.717, 1.165) is 39.0 Å². The average molecular weight is 235 g/mol. The predicted octanol–water partition coefficient (Wildman–Crippen LogP) is 0.409. The summed E-state index contributed by atoms with van der Waals surface area (Å²) < 4.78 is 5.12. The maximum absolute atomic E-state index is 11.7. The van der Waals surface area contributed by atoms with Gasteiger partial charge < -0.3 is 10.1 Å². The van der Waals surface area contributed by atoms with Crippen LogP contribution in [0.2, 0.25) is 0 Å². The number of halogens is 1. The van der Waals surface area contributed by atoms with Gasteiger partial charge in [0.2, 0.25) is 0 Å². The Hall–Kier alpha value is -0.320. The van der Waals surface area contributed by atoms with Crippen LogP contribution in [0.3, 0.4) is 0 Å². The van der Waals surface area contributed by atoms with Crippen molar-refractivity contribution in [2.75, 3.05) is 32.8 Å². The highest BCUT2D eigenvalue weighted by molar-refractivity contribution is 5.85. The fourth-order valence-corrected chi connectivity index (χ4v) is 2.13. The van der Waals surface area contributed by atoms with Crippen LogP contribution in [0, 0.1) is 0 Å². The van der Waals surface area contributed by atoms with E-state index in [4.69, 9.17) is 4.74 Å². The van der Waals surface area contributed by atoms with Crippen LogP contribution in [0.25, 0.3) is 0 Å². The van der Waals surface area contributed by atoms with Gasteiger partial charge in [-0.3, -0.25) is 9.69 Å². The molecule has 1 aliphatic heterocycles. The molecule has 0 spiro atoms. The monoisotopic (exact) mass is 234 g/mol. The molecule has 1 heterocycles. The summed E-state index contributed by atoms with van der Waals surface area (Å²) in [6.45, 7) is 6.28. The van der Waals surface area contributed by atoms with Crippen LogP contribution >= 0.6 is 12.4 Å². The lowest BCUT2D eigenvalue weighted by molar-refractivity contribution is -0.151. The summed E-state index contributed by atoms with van der Waals surface area (Å²) >= 11 is 0. The number of hydrogen-bond donors (Lipinski definition) is 1. The second kappa shape index (κ2) is 5.14. The molecule has 2 rings (SSSR count). The topological polar surface area (TPSA) is 41.6 Å². The highest BCUT2D eigenvalue weighted by Gasteiger charge is 2.55. The van der Waals surface area contributed by atoms with Gasteiger partial charge in [0.1, 0.15) is 5.54 Å². The van der Waals surface area contributed by atoms with Gasteiger partial charge in [-0.2, -0.15) is 0 Å². The molecule has 15 heavy (non-hydrogen) atoms. The van der Waals surface area contributed by atoms with E-state index in [2.05, 4.69) is 10.2 Å². The van der Waals surface area contributed by atoms with Crippen LogP contribution in [0.1, 0.15) is 19.8 Å². The number of ether oxygens (including phenoxy) is 1. The van der Waals surface area contributed by atoms with Crippen molar-refractivity contribution in [3.8, 4) is 0 Å². The van der Waals surface area contributed by atoms with Crippen molar-refractivity contribution in [1.29, 1.82) is 0 Å². The first kappa shape index (κ1) is 12.7. The van der Waals surface area contributed by atoms with Crippen LogP contribution in [-0.2, 0) is 9.53 Å². The summed E-state index contributed by atoms with van der Waals surface area (Å²) in [7, 11) is 0. The summed E-state index contributed by atoms with van der Waals surface area (Å²) in [5.74, 6) is -0.0121. The zero-order valence-electron chi connectivity index (χ0n) is 9.12. The smallest absolute Gasteiger partial charge is 0.326 e. The van der Waals surface area contributed by atoms with E-state index >= 15 is 0 Å². The number of hydrogen-bond acceptors (Lipinski definition) is 4. The average Bonchev–Trinajstić information content (AvgIpc) is 3.00. The standard InChI is InChI=1S/C10H18N2O2.ClH/c1-2-14-9(13)10(3-4-10)12-7-5-11-6-8-12;/h11H,2-8H2,1H3;1H. The summed E-state index contributed by atoms with van der Waals surface area (Å²) in [5.41, 5.74) is -0.238. The lowest BCUT2D eigenvalue weighted by Gasteiger charge is -2.33. The number of carbonyl (C=O) groups excluding carboxylic acids is 1. The van der Waals surface area contributed by atoms with E-state index in [-0.39, 0.29) is 23.9 Å². The molecule has 1 saturated heterocycles. The van der Waals surface area contributed by atoms with E-state index in [1.807, 2.05) is 6.92 Å². The van der Waals surface area contributed by atoms with Crippen molar-refractivity contribution in [3.05, 3.63) is 0 Å². The van der Waals surface area contributed by atoms with Gasteiger partial charge in [0.15, 0.2) is 0 Å².